The molecule has 1 aliphatic carbocycles. The Bertz CT molecular complexity index is 883. The van der Waals surface area contributed by atoms with Crippen molar-refractivity contribution in [1.29, 1.82) is 0 Å². The standard InChI is InChI=1S/C19H22ClNO4S/c1-24-19-10-9-15(13-17(19)20)26(22,23)21-11-12-25-18-8-4-6-14-5-2-3-7-16(14)18/h4,6,8-10,13,21H,2-3,5,7,11-12H2,1H3. The summed E-state index contributed by atoms with van der Waals surface area (Å²) in [7, 11) is -2.17. The first-order valence-electron chi connectivity index (χ1n) is 8.58. The molecule has 0 fully saturated rings. The quantitative estimate of drug-likeness (QED) is 0.727. The first-order valence-corrected chi connectivity index (χ1v) is 10.4. The molecule has 3 rings (SSSR count). The molecule has 0 spiro atoms. The molecule has 0 radical (unpaired) electrons. The first-order chi connectivity index (χ1) is 12.5. The zero-order valence-electron chi connectivity index (χ0n) is 14.6. The minimum Gasteiger partial charge on any atom is -0.495 e. The lowest BCUT2D eigenvalue weighted by atomic mass is 9.91. The van der Waals surface area contributed by atoms with Crippen LogP contribution in [-0.4, -0.2) is 28.7 Å². The van der Waals surface area contributed by atoms with Crippen LogP contribution in [0, 0.1) is 0 Å². The summed E-state index contributed by atoms with van der Waals surface area (Å²) in [6.07, 6.45) is 4.47. The Morgan fingerprint density at radius 2 is 1.92 bits per heavy atom. The second-order valence-electron chi connectivity index (χ2n) is 6.14. The van der Waals surface area contributed by atoms with Gasteiger partial charge in [-0.2, -0.15) is 0 Å². The summed E-state index contributed by atoms with van der Waals surface area (Å²) in [5.74, 6) is 1.29. The van der Waals surface area contributed by atoms with E-state index in [0.29, 0.717) is 5.75 Å². The molecular weight excluding hydrogens is 374 g/mol. The minimum atomic E-state index is -3.65. The number of ether oxygens (including phenoxy) is 2. The van der Waals surface area contributed by atoms with Gasteiger partial charge in [0.1, 0.15) is 18.1 Å². The number of benzene rings is 2. The molecule has 0 aliphatic heterocycles. The van der Waals surface area contributed by atoms with Crippen molar-refractivity contribution >= 4 is 21.6 Å². The van der Waals surface area contributed by atoms with E-state index in [0.717, 1.165) is 25.0 Å². The molecule has 2 aromatic rings. The lowest BCUT2D eigenvalue weighted by Crippen LogP contribution is -2.28. The molecule has 2 aromatic carbocycles. The van der Waals surface area contributed by atoms with Gasteiger partial charge in [0.15, 0.2) is 0 Å². The minimum absolute atomic E-state index is 0.0976. The molecule has 0 saturated carbocycles. The van der Waals surface area contributed by atoms with Crippen molar-refractivity contribution in [3.63, 3.8) is 0 Å². The number of halogens is 1. The van der Waals surface area contributed by atoms with Crippen LogP contribution < -0.4 is 14.2 Å². The Morgan fingerprint density at radius 3 is 2.69 bits per heavy atom. The third-order valence-corrected chi connectivity index (χ3v) is 6.19. The van der Waals surface area contributed by atoms with Gasteiger partial charge in [0, 0.05) is 6.54 Å². The molecular formula is C19H22ClNO4S. The average Bonchev–Trinajstić information content (AvgIpc) is 2.65. The fraction of sp³-hybridized carbons (Fsp3) is 0.368. The van der Waals surface area contributed by atoms with E-state index in [-0.39, 0.29) is 23.1 Å². The number of hydrogen-bond donors (Lipinski definition) is 1. The molecule has 0 atom stereocenters. The molecule has 0 heterocycles. The van der Waals surface area contributed by atoms with Gasteiger partial charge in [-0.25, -0.2) is 13.1 Å². The molecule has 1 aliphatic rings. The molecule has 0 bridgehead atoms. The highest BCUT2D eigenvalue weighted by Gasteiger charge is 2.17. The van der Waals surface area contributed by atoms with Crippen molar-refractivity contribution in [3.8, 4) is 11.5 Å². The molecule has 1 N–H and O–H groups in total. The molecule has 0 aromatic heterocycles. The number of fused-ring (bicyclic) bond motifs is 1. The highest BCUT2D eigenvalue weighted by atomic mass is 35.5. The summed E-state index contributed by atoms with van der Waals surface area (Å²) >= 11 is 6.00. The van der Waals surface area contributed by atoms with E-state index < -0.39 is 10.0 Å². The van der Waals surface area contributed by atoms with Gasteiger partial charge in [-0.1, -0.05) is 23.7 Å². The van der Waals surface area contributed by atoms with Crippen molar-refractivity contribution in [2.24, 2.45) is 0 Å². The van der Waals surface area contributed by atoms with Gasteiger partial charge >= 0.3 is 0 Å². The van der Waals surface area contributed by atoms with Crippen molar-refractivity contribution in [2.75, 3.05) is 20.3 Å². The third kappa shape index (κ3) is 4.31. The Hall–Kier alpha value is -1.76. The van der Waals surface area contributed by atoms with Crippen molar-refractivity contribution in [1.82, 2.24) is 4.72 Å². The Balaban J connectivity index is 1.59. The largest absolute Gasteiger partial charge is 0.495 e. The Kier molecular flexibility index (Phi) is 6.06. The molecule has 26 heavy (non-hydrogen) atoms. The molecule has 0 unspecified atom stereocenters. The lowest BCUT2D eigenvalue weighted by Gasteiger charge is -2.19. The van der Waals surface area contributed by atoms with Gasteiger partial charge in [0.2, 0.25) is 10.0 Å². The summed E-state index contributed by atoms with van der Waals surface area (Å²) in [6.45, 7) is 0.440. The van der Waals surface area contributed by atoms with Gasteiger partial charge in [-0.15, -0.1) is 0 Å². The van der Waals surface area contributed by atoms with Crippen LogP contribution in [0.5, 0.6) is 11.5 Å². The van der Waals surface area contributed by atoms with Crippen LogP contribution in [0.3, 0.4) is 0 Å². The van der Waals surface area contributed by atoms with E-state index in [1.54, 1.807) is 0 Å². The van der Waals surface area contributed by atoms with E-state index >= 15 is 0 Å². The summed E-state index contributed by atoms with van der Waals surface area (Å²) < 4.78 is 38.1. The summed E-state index contributed by atoms with van der Waals surface area (Å²) in [6, 6.07) is 10.4. The smallest absolute Gasteiger partial charge is 0.240 e. The zero-order valence-corrected chi connectivity index (χ0v) is 16.2. The van der Waals surface area contributed by atoms with Crippen LogP contribution in [0.1, 0.15) is 24.0 Å². The fourth-order valence-corrected chi connectivity index (χ4v) is 4.48. The van der Waals surface area contributed by atoms with E-state index in [4.69, 9.17) is 21.1 Å². The zero-order chi connectivity index (χ0) is 18.6. The maximum absolute atomic E-state index is 12.4. The number of rotatable bonds is 7. The third-order valence-electron chi connectivity index (χ3n) is 4.44. The van der Waals surface area contributed by atoms with Crippen LogP contribution in [-0.2, 0) is 22.9 Å². The Morgan fingerprint density at radius 1 is 1.12 bits per heavy atom. The van der Waals surface area contributed by atoms with Gasteiger partial charge in [0.05, 0.1) is 17.0 Å². The summed E-state index contributed by atoms with van der Waals surface area (Å²) in [5.41, 5.74) is 2.59. The molecule has 0 saturated heterocycles. The van der Waals surface area contributed by atoms with E-state index in [2.05, 4.69) is 10.8 Å². The van der Waals surface area contributed by atoms with Crippen molar-refractivity contribution in [2.45, 2.75) is 30.6 Å². The van der Waals surface area contributed by atoms with E-state index in [1.165, 1.54) is 42.9 Å². The second kappa shape index (κ2) is 8.29. The fourth-order valence-electron chi connectivity index (χ4n) is 3.12. The maximum Gasteiger partial charge on any atom is 0.240 e. The van der Waals surface area contributed by atoms with Crippen molar-refractivity contribution in [3.05, 3.63) is 52.5 Å². The molecule has 140 valence electrons. The van der Waals surface area contributed by atoms with Gasteiger partial charge in [-0.05, 0) is 61.1 Å². The number of aryl methyl sites for hydroxylation is 1. The van der Waals surface area contributed by atoms with E-state index in [1.807, 2.05) is 12.1 Å². The summed E-state index contributed by atoms with van der Waals surface area (Å²) in [4.78, 5) is 0.0976. The predicted molar refractivity (Wildman–Crippen MR) is 102 cm³/mol. The second-order valence-corrected chi connectivity index (χ2v) is 8.32. The SMILES string of the molecule is COc1ccc(S(=O)(=O)NCCOc2cccc3c2CCCC3)cc1Cl. The normalized spacial score (nSPS) is 13.9. The topological polar surface area (TPSA) is 64.6 Å². The predicted octanol–water partition coefficient (Wildman–Crippen LogP) is 3.58. The number of methoxy groups -OCH3 is 1. The van der Waals surface area contributed by atoms with Crippen LogP contribution in [0.4, 0.5) is 0 Å². The van der Waals surface area contributed by atoms with Gasteiger partial charge in [-0.3, -0.25) is 0 Å². The monoisotopic (exact) mass is 395 g/mol. The van der Waals surface area contributed by atoms with Crippen LogP contribution in [0.15, 0.2) is 41.3 Å². The first kappa shape index (κ1) is 19.0. The van der Waals surface area contributed by atoms with Crippen LogP contribution >= 0.6 is 11.6 Å². The number of sulfonamides is 1. The average molecular weight is 396 g/mol. The van der Waals surface area contributed by atoms with E-state index in [9.17, 15) is 8.42 Å². The number of hydrogen-bond acceptors (Lipinski definition) is 4. The molecule has 5 nitrogen and oxygen atoms in total. The van der Waals surface area contributed by atoms with Gasteiger partial charge < -0.3 is 9.47 Å². The summed E-state index contributed by atoms with van der Waals surface area (Å²) in [5, 5.41) is 0.252. The van der Waals surface area contributed by atoms with Crippen LogP contribution in [0.2, 0.25) is 5.02 Å². The maximum atomic E-state index is 12.4. The number of nitrogens with one attached hydrogen (secondary N) is 1. The molecule has 7 heteroatoms. The van der Waals surface area contributed by atoms with Gasteiger partial charge in [0.25, 0.3) is 0 Å². The molecule has 0 amide bonds. The Labute approximate surface area is 159 Å². The highest BCUT2D eigenvalue weighted by Crippen LogP contribution is 2.29. The van der Waals surface area contributed by atoms with Crippen molar-refractivity contribution < 1.29 is 17.9 Å². The van der Waals surface area contributed by atoms with Crippen LogP contribution in [0.25, 0.3) is 0 Å². The highest BCUT2D eigenvalue weighted by molar-refractivity contribution is 7.89. The lowest BCUT2D eigenvalue weighted by molar-refractivity contribution is 0.318.